The molecule has 0 aromatic carbocycles. The number of hydrogen-bond donors (Lipinski definition) is 0. The molecule has 2 aliphatic rings. The fourth-order valence-corrected chi connectivity index (χ4v) is 3.52. The summed E-state index contributed by atoms with van der Waals surface area (Å²) in [6.07, 6.45) is 24.1. The Bertz CT molecular complexity index is 498. The van der Waals surface area contributed by atoms with E-state index in [-0.39, 0.29) is 39.7 Å². The van der Waals surface area contributed by atoms with Gasteiger partial charge in [0.25, 0.3) is 0 Å². The Morgan fingerprint density at radius 3 is 1.31 bits per heavy atom. The molecule has 0 fully saturated rings. The predicted octanol–water partition coefficient (Wildman–Crippen LogP) is 9.39. The summed E-state index contributed by atoms with van der Waals surface area (Å²) in [6.45, 7) is 15.6. The van der Waals surface area contributed by atoms with E-state index in [1.54, 1.807) is 34.5 Å². The third-order valence-electron chi connectivity index (χ3n) is 4.78. The summed E-state index contributed by atoms with van der Waals surface area (Å²) in [6, 6.07) is 0. The SMILES string of the molecule is CCCCC1=[C-]CC(CC(C)C)=C1.CCCCC1=[C-]CC(CC(C)C)=C1.Cl.Cl.[CH3-].[CH3-].[SiH2]=[Zr]. The molecule has 32 heavy (non-hydrogen) atoms. The summed E-state index contributed by atoms with van der Waals surface area (Å²) in [4.78, 5) is 0. The molecule has 0 aliphatic heterocycles. The van der Waals surface area contributed by atoms with Gasteiger partial charge in [-0.2, -0.15) is 11.1 Å². The first-order valence-corrected chi connectivity index (χ1v) is 17.3. The normalized spacial score (nSPS) is 13.3. The van der Waals surface area contributed by atoms with Gasteiger partial charge in [-0.25, -0.2) is 23.3 Å². The van der Waals surface area contributed by atoms with E-state index in [1.165, 1.54) is 62.5 Å². The number of allylic oxidation sites excluding steroid dienone is 8. The van der Waals surface area contributed by atoms with Crippen molar-refractivity contribution in [3.63, 3.8) is 0 Å². The molecule has 0 spiro atoms. The minimum atomic E-state index is 0. The molecule has 0 saturated carbocycles. The van der Waals surface area contributed by atoms with E-state index >= 15 is 0 Å². The summed E-state index contributed by atoms with van der Waals surface area (Å²) >= 11 is 1.58. The third-order valence-corrected chi connectivity index (χ3v) is 4.78. The number of halogens is 2. The molecule has 0 saturated heterocycles. The van der Waals surface area contributed by atoms with Crippen molar-refractivity contribution in [1.29, 1.82) is 0 Å². The van der Waals surface area contributed by atoms with Gasteiger partial charge in [0.05, 0.1) is 0 Å². The molecule has 2 aliphatic carbocycles. The molecule has 0 amide bonds. The Hall–Kier alpha value is 0.640. The second-order valence-electron chi connectivity index (χ2n) is 8.77. The maximum absolute atomic E-state index is 3.47. The van der Waals surface area contributed by atoms with Crippen LogP contribution in [0.2, 0.25) is 0 Å². The van der Waals surface area contributed by atoms with Gasteiger partial charge in [0.2, 0.25) is 0 Å². The van der Waals surface area contributed by atoms with Gasteiger partial charge in [0.1, 0.15) is 0 Å². The van der Waals surface area contributed by atoms with E-state index in [4.69, 9.17) is 0 Å². The molecular formula is C28H52Cl2SiZr-4. The van der Waals surface area contributed by atoms with Crippen LogP contribution in [0.15, 0.2) is 34.4 Å². The van der Waals surface area contributed by atoms with Gasteiger partial charge in [-0.1, -0.05) is 80.1 Å². The first kappa shape index (κ1) is 42.8. The van der Waals surface area contributed by atoms with Crippen LogP contribution >= 0.6 is 24.8 Å². The van der Waals surface area contributed by atoms with Crippen molar-refractivity contribution in [1.82, 2.24) is 0 Å². The van der Waals surface area contributed by atoms with Crippen molar-refractivity contribution in [2.75, 3.05) is 0 Å². The maximum atomic E-state index is 3.47. The summed E-state index contributed by atoms with van der Waals surface area (Å²) in [5.74, 6) is 1.58. The van der Waals surface area contributed by atoms with E-state index < -0.39 is 0 Å². The Labute approximate surface area is 232 Å². The van der Waals surface area contributed by atoms with E-state index in [2.05, 4.69) is 65.8 Å². The number of rotatable bonds is 10. The number of unbranched alkanes of at least 4 members (excludes halogenated alkanes) is 2. The average Bonchev–Trinajstić information content (AvgIpc) is 3.29. The third kappa shape index (κ3) is 22.4. The van der Waals surface area contributed by atoms with Gasteiger partial charge in [-0.05, 0) is 24.7 Å². The predicted molar refractivity (Wildman–Crippen MR) is 153 cm³/mol. The molecule has 0 aromatic heterocycles. The zero-order valence-corrected chi connectivity index (χ0v) is 27.9. The molecule has 0 heterocycles. The van der Waals surface area contributed by atoms with Crippen LogP contribution in [0.5, 0.6) is 0 Å². The molecule has 0 radical (unpaired) electrons. The monoisotopic (exact) mass is 576 g/mol. The second-order valence-corrected chi connectivity index (χ2v) is 8.77. The molecule has 0 N–H and O–H groups in total. The van der Waals surface area contributed by atoms with E-state index in [1.807, 2.05) is 6.88 Å². The Kier molecular flexibility index (Phi) is 37.3. The quantitative estimate of drug-likeness (QED) is 0.179. The van der Waals surface area contributed by atoms with Gasteiger partial charge in [-0.3, -0.25) is 12.2 Å². The second kappa shape index (κ2) is 27.9. The molecule has 0 aromatic rings. The van der Waals surface area contributed by atoms with Crippen LogP contribution in [0.4, 0.5) is 0 Å². The van der Waals surface area contributed by atoms with Crippen molar-refractivity contribution in [3.05, 3.63) is 61.4 Å². The van der Waals surface area contributed by atoms with Crippen molar-refractivity contribution in [2.24, 2.45) is 11.8 Å². The zero-order valence-electron chi connectivity index (χ0n) is 22.4. The molecule has 0 bridgehead atoms. The molecule has 0 atom stereocenters. The van der Waals surface area contributed by atoms with E-state index in [9.17, 15) is 0 Å². The van der Waals surface area contributed by atoms with Crippen molar-refractivity contribution in [2.45, 2.75) is 106 Å². The van der Waals surface area contributed by atoms with Gasteiger partial charge in [0, 0.05) is 0 Å². The van der Waals surface area contributed by atoms with Crippen LogP contribution in [0, 0.1) is 38.8 Å². The van der Waals surface area contributed by atoms with Crippen molar-refractivity contribution in [3.8, 4) is 0 Å². The van der Waals surface area contributed by atoms with Crippen LogP contribution in [-0.4, -0.2) is 6.88 Å². The van der Waals surface area contributed by atoms with Crippen LogP contribution in [0.1, 0.15) is 106 Å². The van der Waals surface area contributed by atoms with Crippen molar-refractivity contribution >= 4 is 31.7 Å². The topological polar surface area (TPSA) is 0 Å². The Morgan fingerprint density at radius 2 is 1.06 bits per heavy atom. The number of hydrogen-bond acceptors (Lipinski definition) is 0. The fraction of sp³-hybridized carbons (Fsp3) is 0.643. The summed E-state index contributed by atoms with van der Waals surface area (Å²) in [5, 5.41) is 0. The first-order chi connectivity index (χ1) is 13.4. The van der Waals surface area contributed by atoms with Gasteiger partial charge in [0.15, 0.2) is 0 Å². The molecule has 2 rings (SSSR count). The molecule has 4 heteroatoms. The molecular weight excluding hydrogens is 527 g/mol. The Balaban J connectivity index is -0.000000126. The average molecular weight is 579 g/mol. The van der Waals surface area contributed by atoms with Gasteiger partial charge in [-0.15, -0.1) is 37.7 Å². The fourth-order valence-electron chi connectivity index (χ4n) is 3.52. The molecule has 190 valence electrons. The molecule has 0 unspecified atom stereocenters. The summed E-state index contributed by atoms with van der Waals surface area (Å²) in [7, 11) is 0. The van der Waals surface area contributed by atoms with E-state index in [0.29, 0.717) is 0 Å². The van der Waals surface area contributed by atoms with Gasteiger partial charge < -0.3 is 14.9 Å². The standard InChI is InChI=1S/2C13H21.2CH3.2ClH.H2Si.Zr/c2*1-4-5-6-12-7-8-13(10-12)9-11(2)3;;;;;;/h2*10-11H,4-6,8-9H2,1-3H3;2*1H3;2*1H;1H2;/q4*-1;;;;. The summed E-state index contributed by atoms with van der Waals surface area (Å²) in [5.41, 5.74) is 6.08. The van der Waals surface area contributed by atoms with Crippen LogP contribution in [-0.2, 0) is 23.3 Å². The Morgan fingerprint density at radius 1 is 0.750 bits per heavy atom. The van der Waals surface area contributed by atoms with Crippen LogP contribution in [0.25, 0.3) is 0 Å². The minimum absolute atomic E-state index is 0. The van der Waals surface area contributed by atoms with Crippen LogP contribution in [0.3, 0.4) is 0 Å². The van der Waals surface area contributed by atoms with E-state index in [0.717, 1.165) is 24.7 Å². The van der Waals surface area contributed by atoms with Gasteiger partial charge >= 0.3 is 30.2 Å². The van der Waals surface area contributed by atoms with Crippen molar-refractivity contribution < 1.29 is 23.3 Å². The van der Waals surface area contributed by atoms with Crippen LogP contribution < -0.4 is 0 Å². The summed E-state index contributed by atoms with van der Waals surface area (Å²) < 4.78 is 0. The zero-order chi connectivity index (χ0) is 21.4. The first-order valence-electron chi connectivity index (χ1n) is 11.4. The molecule has 0 nitrogen and oxygen atoms in total.